The van der Waals surface area contributed by atoms with Crippen molar-refractivity contribution in [2.75, 3.05) is 5.32 Å². The molecule has 2 aliphatic rings. The summed E-state index contributed by atoms with van der Waals surface area (Å²) in [6, 6.07) is 25.8. The lowest BCUT2D eigenvalue weighted by atomic mass is 10.1. The molecule has 6 nitrogen and oxygen atoms in total. The van der Waals surface area contributed by atoms with Crippen molar-refractivity contribution >= 4 is 46.0 Å². The van der Waals surface area contributed by atoms with E-state index in [0.717, 1.165) is 22.5 Å². The van der Waals surface area contributed by atoms with Crippen LogP contribution in [0.15, 0.2) is 94.9 Å². The number of anilines is 1. The summed E-state index contributed by atoms with van der Waals surface area (Å²) in [7, 11) is 0. The second kappa shape index (κ2) is 8.43. The Hall–Kier alpha value is -3.71. The van der Waals surface area contributed by atoms with Crippen LogP contribution in [-0.2, 0) is 9.59 Å². The van der Waals surface area contributed by atoms with E-state index in [4.69, 9.17) is 9.98 Å². The largest absolute Gasteiger partial charge is 0.325 e. The molecule has 2 amide bonds. The molecule has 158 valence electrons. The van der Waals surface area contributed by atoms with Gasteiger partial charge in [-0.15, -0.1) is 0 Å². The molecular formula is C25H20N4O2S. The van der Waals surface area contributed by atoms with Gasteiger partial charge in [0.2, 0.25) is 5.91 Å². The molecule has 3 aromatic rings. The second-order valence-electron chi connectivity index (χ2n) is 7.47. The van der Waals surface area contributed by atoms with Gasteiger partial charge in [0.05, 0.1) is 10.9 Å². The highest BCUT2D eigenvalue weighted by molar-refractivity contribution is 8.15. The minimum atomic E-state index is -0.628. The van der Waals surface area contributed by atoms with Crippen LogP contribution in [0.25, 0.3) is 0 Å². The van der Waals surface area contributed by atoms with Gasteiger partial charge in [-0.05, 0) is 36.8 Å². The number of aliphatic imine (C=N–C) groups is 2. The fraction of sp³-hybridized carbons (Fsp3) is 0.120. The number of amidine groups is 2. The Morgan fingerprint density at radius 3 is 2.38 bits per heavy atom. The van der Waals surface area contributed by atoms with Gasteiger partial charge in [-0.2, -0.15) is 0 Å². The molecule has 0 bridgehead atoms. The van der Waals surface area contributed by atoms with Gasteiger partial charge >= 0.3 is 0 Å². The van der Waals surface area contributed by atoms with Crippen LogP contribution in [0.5, 0.6) is 0 Å². The predicted octanol–water partition coefficient (Wildman–Crippen LogP) is 4.78. The quantitative estimate of drug-likeness (QED) is 0.635. The first-order chi connectivity index (χ1) is 15.6. The number of hydrogen-bond donors (Lipinski definition) is 1. The van der Waals surface area contributed by atoms with Crippen molar-refractivity contribution in [1.29, 1.82) is 0 Å². The molecule has 0 saturated carbocycles. The van der Waals surface area contributed by atoms with Crippen LogP contribution in [0, 0.1) is 0 Å². The summed E-state index contributed by atoms with van der Waals surface area (Å²) < 4.78 is 0. The number of benzene rings is 3. The van der Waals surface area contributed by atoms with E-state index in [9.17, 15) is 9.59 Å². The first kappa shape index (κ1) is 20.2. The Morgan fingerprint density at radius 1 is 0.969 bits per heavy atom. The first-order valence-electron chi connectivity index (χ1n) is 10.3. The summed E-state index contributed by atoms with van der Waals surface area (Å²) in [5.74, 6) is 0.253. The monoisotopic (exact) mass is 440 g/mol. The van der Waals surface area contributed by atoms with E-state index in [2.05, 4.69) is 5.32 Å². The maximum Gasteiger partial charge on any atom is 0.263 e. The number of nitrogens with zero attached hydrogens (tertiary/aromatic N) is 3. The molecule has 0 unspecified atom stereocenters. The van der Waals surface area contributed by atoms with Gasteiger partial charge in [0, 0.05) is 11.3 Å². The van der Waals surface area contributed by atoms with Crippen LogP contribution in [-0.4, -0.2) is 33.0 Å². The van der Waals surface area contributed by atoms with Crippen LogP contribution in [0.1, 0.15) is 24.1 Å². The average Bonchev–Trinajstić information content (AvgIpc) is 3.18. The highest BCUT2D eigenvalue weighted by Crippen LogP contribution is 2.38. The number of fused-ring (bicyclic) bond motifs is 3. The lowest BCUT2D eigenvalue weighted by Gasteiger charge is -2.26. The summed E-state index contributed by atoms with van der Waals surface area (Å²) in [6.45, 7) is 1.80. The van der Waals surface area contributed by atoms with Crippen molar-refractivity contribution in [3.63, 3.8) is 0 Å². The van der Waals surface area contributed by atoms with E-state index in [-0.39, 0.29) is 11.8 Å². The van der Waals surface area contributed by atoms with Crippen molar-refractivity contribution in [2.24, 2.45) is 9.98 Å². The molecule has 3 aromatic carbocycles. The van der Waals surface area contributed by atoms with Crippen molar-refractivity contribution in [1.82, 2.24) is 4.90 Å². The number of rotatable bonds is 4. The minimum absolute atomic E-state index is 0.160. The van der Waals surface area contributed by atoms with Gasteiger partial charge in [-0.3, -0.25) is 9.59 Å². The molecule has 7 heteroatoms. The summed E-state index contributed by atoms with van der Waals surface area (Å²) in [6.07, 6.45) is 0. The highest BCUT2D eigenvalue weighted by Gasteiger charge is 2.42. The molecule has 2 atom stereocenters. The van der Waals surface area contributed by atoms with Gasteiger partial charge < -0.3 is 5.32 Å². The number of thioether (sulfide) groups is 1. The van der Waals surface area contributed by atoms with E-state index in [1.807, 2.05) is 84.9 Å². The lowest BCUT2D eigenvalue weighted by molar-refractivity contribution is -0.124. The van der Waals surface area contributed by atoms with Gasteiger partial charge in [0.25, 0.3) is 5.91 Å². The Labute approximate surface area is 190 Å². The number of nitrogens with one attached hydrogen (secondary N) is 1. The topological polar surface area (TPSA) is 74.1 Å². The summed E-state index contributed by atoms with van der Waals surface area (Å²) in [5.41, 5.74) is 3.10. The van der Waals surface area contributed by atoms with Crippen molar-refractivity contribution in [3.8, 4) is 0 Å². The van der Waals surface area contributed by atoms with Gasteiger partial charge in [-0.25, -0.2) is 14.9 Å². The number of amides is 2. The van der Waals surface area contributed by atoms with Gasteiger partial charge in [0.1, 0.15) is 5.84 Å². The molecule has 1 N–H and O–H groups in total. The van der Waals surface area contributed by atoms with Crippen LogP contribution >= 0.6 is 11.8 Å². The lowest BCUT2D eigenvalue weighted by Crippen LogP contribution is -2.41. The van der Waals surface area contributed by atoms with E-state index in [0.29, 0.717) is 11.0 Å². The molecular weight excluding hydrogens is 420 g/mol. The Kier molecular flexibility index (Phi) is 5.33. The standard InChI is InChI=1S/C25H20N4O2S/c1-16(23(30)26-18-12-6-3-7-13-18)32-25-27-20-15-9-8-14-19(20)22-28-21(24(31)29(22)25)17-10-4-2-5-11-17/h2-16,21H,1H3,(H,26,30)/t16-,21-/m0/s1. The summed E-state index contributed by atoms with van der Waals surface area (Å²) in [5, 5.41) is 2.90. The minimum Gasteiger partial charge on any atom is -0.325 e. The molecule has 0 spiro atoms. The number of carbonyl (C=O) groups is 2. The number of hydrogen-bond acceptors (Lipinski definition) is 5. The van der Waals surface area contributed by atoms with Crippen molar-refractivity contribution < 1.29 is 9.59 Å². The second-order valence-corrected chi connectivity index (χ2v) is 8.77. The van der Waals surface area contributed by atoms with Gasteiger partial charge in [0.15, 0.2) is 11.2 Å². The Balaban J connectivity index is 1.45. The van der Waals surface area contributed by atoms with E-state index in [1.54, 1.807) is 11.8 Å². The Bertz CT molecular complexity index is 1240. The molecule has 0 radical (unpaired) electrons. The third-order valence-corrected chi connectivity index (χ3v) is 6.33. The number of para-hydroxylation sites is 2. The summed E-state index contributed by atoms with van der Waals surface area (Å²) in [4.78, 5) is 37.2. The smallest absolute Gasteiger partial charge is 0.263 e. The third-order valence-electron chi connectivity index (χ3n) is 5.28. The van der Waals surface area contributed by atoms with Gasteiger partial charge in [-0.1, -0.05) is 72.4 Å². The molecule has 32 heavy (non-hydrogen) atoms. The zero-order valence-corrected chi connectivity index (χ0v) is 18.1. The normalized spacial score (nSPS) is 17.7. The van der Waals surface area contributed by atoms with E-state index < -0.39 is 11.3 Å². The zero-order valence-electron chi connectivity index (χ0n) is 17.3. The molecule has 0 aliphatic carbocycles. The average molecular weight is 441 g/mol. The SMILES string of the molecule is C[C@H](SC1=Nc2ccccc2C2=N[C@@H](c3ccccc3)C(=O)N12)C(=O)Nc1ccccc1. The van der Waals surface area contributed by atoms with Crippen molar-refractivity contribution in [2.45, 2.75) is 18.2 Å². The molecule has 0 aromatic heterocycles. The van der Waals surface area contributed by atoms with E-state index >= 15 is 0 Å². The fourth-order valence-corrected chi connectivity index (χ4v) is 4.57. The predicted molar refractivity (Wildman–Crippen MR) is 128 cm³/mol. The van der Waals surface area contributed by atoms with Crippen LogP contribution in [0.2, 0.25) is 0 Å². The van der Waals surface area contributed by atoms with Crippen LogP contribution < -0.4 is 5.32 Å². The zero-order chi connectivity index (χ0) is 22.1. The van der Waals surface area contributed by atoms with E-state index in [1.165, 1.54) is 11.8 Å². The summed E-state index contributed by atoms with van der Waals surface area (Å²) >= 11 is 1.25. The van der Waals surface area contributed by atoms with Crippen LogP contribution in [0.4, 0.5) is 11.4 Å². The Morgan fingerprint density at radius 2 is 1.62 bits per heavy atom. The third kappa shape index (κ3) is 3.71. The molecule has 0 saturated heterocycles. The first-order valence-corrected chi connectivity index (χ1v) is 11.2. The van der Waals surface area contributed by atoms with Crippen molar-refractivity contribution in [3.05, 3.63) is 96.1 Å². The molecule has 2 heterocycles. The maximum absolute atomic E-state index is 13.4. The number of carbonyl (C=O) groups excluding carboxylic acids is 2. The molecule has 5 rings (SSSR count). The maximum atomic E-state index is 13.4. The molecule has 2 aliphatic heterocycles. The van der Waals surface area contributed by atoms with Crippen LogP contribution in [0.3, 0.4) is 0 Å². The fourth-order valence-electron chi connectivity index (χ4n) is 3.66. The molecule has 0 fully saturated rings. The highest BCUT2D eigenvalue weighted by atomic mass is 32.2.